The van der Waals surface area contributed by atoms with Crippen LogP contribution in [-0.4, -0.2) is 41.7 Å². The highest BCUT2D eigenvalue weighted by atomic mass is 16.3. The lowest BCUT2D eigenvalue weighted by molar-refractivity contribution is -0.117. The van der Waals surface area contributed by atoms with Gasteiger partial charge in [0.15, 0.2) is 0 Å². The minimum atomic E-state index is -0.194. The molecule has 0 radical (unpaired) electrons. The third-order valence-corrected chi connectivity index (χ3v) is 3.70. The first kappa shape index (κ1) is 15.0. The Bertz CT molecular complexity index is 423. The van der Waals surface area contributed by atoms with Crippen LogP contribution < -0.4 is 5.32 Å². The highest BCUT2D eigenvalue weighted by Crippen LogP contribution is 2.12. The van der Waals surface area contributed by atoms with Gasteiger partial charge in [0.1, 0.15) is 0 Å². The molecule has 1 aliphatic rings. The number of likely N-dealkylation sites (tertiary alicyclic amines) is 1. The van der Waals surface area contributed by atoms with Crippen molar-refractivity contribution in [3.63, 3.8) is 0 Å². The van der Waals surface area contributed by atoms with E-state index < -0.39 is 0 Å². The highest BCUT2D eigenvalue weighted by molar-refractivity contribution is 5.92. The number of hydrogen-bond donors (Lipinski definition) is 2. The Hall–Kier alpha value is -1.39. The number of aryl methyl sites for hydroxylation is 1. The Kier molecular flexibility index (Phi) is 5.56. The molecule has 0 aromatic heterocycles. The lowest BCUT2D eigenvalue weighted by Gasteiger charge is -2.28. The Labute approximate surface area is 120 Å². The van der Waals surface area contributed by atoms with Gasteiger partial charge in [0, 0.05) is 18.8 Å². The molecule has 1 aliphatic heterocycles. The van der Waals surface area contributed by atoms with Gasteiger partial charge in [-0.1, -0.05) is 25.5 Å². The monoisotopic (exact) mass is 276 g/mol. The zero-order valence-electron chi connectivity index (χ0n) is 12.1. The second-order valence-corrected chi connectivity index (χ2v) is 5.50. The molecule has 1 amide bonds. The summed E-state index contributed by atoms with van der Waals surface area (Å²) < 4.78 is 0. The van der Waals surface area contributed by atoms with E-state index in [1.807, 2.05) is 12.1 Å². The molecule has 4 heteroatoms. The molecule has 0 atom stereocenters. The normalized spacial score (nSPS) is 17.1. The van der Waals surface area contributed by atoms with E-state index in [1.54, 1.807) is 0 Å². The number of anilines is 1. The summed E-state index contributed by atoms with van der Waals surface area (Å²) in [6.45, 7) is 4.16. The molecule has 0 spiro atoms. The average molecular weight is 276 g/mol. The summed E-state index contributed by atoms with van der Waals surface area (Å²) in [5, 5.41) is 12.4. The van der Waals surface area contributed by atoms with Gasteiger partial charge in [-0.15, -0.1) is 0 Å². The fourth-order valence-electron chi connectivity index (χ4n) is 2.52. The van der Waals surface area contributed by atoms with Crippen molar-refractivity contribution >= 4 is 11.6 Å². The minimum absolute atomic E-state index is 0.0182. The molecule has 20 heavy (non-hydrogen) atoms. The molecule has 1 aromatic carbocycles. The van der Waals surface area contributed by atoms with E-state index in [1.165, 1.54) is 5.56 Å². The zero-order chi connectivity index (χ0) is 14.4. The quantitative estimate of drug-likeness (QED) is 0.865. The predicted octanol–water partition coefficient (Wildman–Crippen LogP) is 2.03. The summed E-state index contributed by atoms with van der Waals surface area (Å²) in [5.74, 6) is 0.0182. The van der Waals surface area contributed by atoms with Gasteiger partial charge >= 0.3 is 0 Å². The third-order valence-electron chi connectivity index (χ3n) is 3.70. The van der Waals surface area contributed by atoms with E-state index in [0.717, 1.165) is 44.5 Å². The number of carbonyl (C=O) groups excluding carboxylic acids is 1. The number of carbonyl (C=O) groups is 1. The maximum atomic E-state index is 12.0. The summed E-state index contributed by atoms with van der Waals surface area (Å²) >= 11 is 0. The Morgan fingerprint density at radius 3 is 2.55 bits per heavy atom. The standard InChI is InChI=1S/C16H24N2O2/c1-2-3-13-4-6-14(7-5-13)17-16(20)12-18-10-8-15(19)9-11-18/h4-7,15,19H,2-3,8-12H2,1H3,(H,17,20). The average Bonchev–Trinajstić information content (AvgIpc) is 2.44. The number of piperidine rings is 1. The molecule has 1 saturated heterocycles. The van der Waals surface area contributed by atoms with Crippen LogP contribution >= 0.6 is 0 Å². The van der Waals surface area contributed by atoms with Crippen molar-refractivity contribution < 1.29 is 9.90 Å². The van der Waals surface area contributed by atoms with Crippen LogP contribution in [0.3, 0.4) is 0 Å². The van der Waals surface area contributed by atoms with Crippen LogP contribution in [0.5, 0.6) is 0 Å². The van der Waals surface area contributed by atoms with Crippen LogP contribution in [0.4, 0.5) is 5.69 Å². The summed E-state index contributed by atoms with van der Waals surface area (Å²) in [6.07, 6.45) is 3.54. The molecule has 0 aliphatic carbocycles. The molecule has 0 unspecified atom stereocenters. The lowest BCUT2D eigenvalue weighted by Crippen LogP contribution is -2.40. The first-order valence-electron chi connectivity index (χ1n) is 7.46. The van der Waals surface area contributed by atoms with E-state index >= 15 is 0 Å². The third kappa shape index (κ3) is 4.62. The molecular weight excluding hydrogens is 252 g/mol. The summed E-state index contributed by atoms with van der Waals surface area (Å²) in [6, 6.07) is 8.05. The van der Waals surface area contributed by atoms with Crippen LogP contribution in [-0.2, 0) is 11.2 Å². The fraction of sp³-hybridized carbons (Fsp3) is 0.562. The van der Waals surface area contributed by atoms with E-state index in [0.29, 0.717) is 6.54 Å². The summed E-state index contributed by atoms with van der Waals surface area (Å²) in [7, 11) is 0. The van der Waals surface area contributed by atoms with Gasteiger partial charge in [-0.25, -0.2) is 0 Å². The summed E-state index contributed by atoms with van der Waals surface area (Å²) in [5.41, 5.74) is 2.16. The molecule has 1 aromatic rings. The first-order valence-corrected chi connectivity index (χ1v) is 7.46. The van der Waals surface area contributed by atoms with Crippen molar-refractivity contribution in [3.05, 3.63) is 29.8 Å². The van der Waals surface area contributed by atoms with Gasteiger partial charge in [-0.2, -0.15) is 0 Å². The molecule has 4 nitrogen and oxygen atoms in total. The number of nitrogens with one attached hydrogen (secondary N) is 1. The molecule has 0 bridgehead atoms. The van der Waals surface area contributed by atoms with Crippen molar-refractivity contribution in [3.8, 4) is 0 Å². The lowest BCUT2D eigenvalue weighted by atomic mass is 10.1. The van der Waals surface area contributed by atoms with E-state index in [-0.39, 0.29) is 12.0 Å². The second kappa shape index (κ2) is 7.41. The molecule has 2 N–H and O–H groups in total. The van der Waals surface area contributed by atoms with Crippen LogP contribution in [0.1, 0.15) is 31.7 Å². The molecule has 1 fully saturated rings. The van der Waals surface area contributed by atoms with E-state index in [4.69, 9.17) is 0 Å². The maximum absolute atomic E-state index is 12.0. The van der Waals surface area contributed by atoms with Crippen LogP contribution in [0.2, 0.25) is 0 Å². The smallest absolute Gasteiger partial charge is 0.238 e. The largest absolute Gasteiger partial charge is 0.393 e. The predicted molar refractivity (Wildman–Crippen MR) is 80.7 cm³/mol. The molecule has 1 heterocycles. The summed E-state index contributed by atoms with van der Waals surface area (Å²) in [4.78, 5) is 14.0. The van der Waals surface area contributed by atoms with Gasteiger partial charge in [0.2, 0.25) is 5.91 Å². The van der Waals surface area contributed by atoms with Gasteiger partial charge < -0.3 is 10.4 Å². The van der Waals surface area contributed by atoms with Crippen molar-refractivity contribution in [1.82, 2.24) is 4.90 Å². The van der Waals surface area contributed by atoms with Gasteiger partial charge in [0.25, 0.3) is 0 Å². The van der Waals surface area contributed by atoms with Crippen molar-refractivity contribution in [1.29, 1.82) is 0 Å². The number of aliphatic hydroxyl groups excluding tert-OH is 1. The van der Waals surface area contributed by atoms with Gasteiger partial charge in [0.05, 0.1) is 12.6 Å². The molecule has 0 saturated carbocycles. The van der Waals surface area contributed by atoms with Crippen molar-refractivity contribution in [2.24, 2.45) is 0 Å². The first-order chi connectivity index (χ1) is 9.67. The van der Waals surface area contributed by atoms with Crippen molar-refractivity contribution in [2.45, 2.75) is 38.7 Å². The Morgan fingerprint density at radius 2 is 1.95 bits per heavy atom. The highest BCUT2D eigenvalue weighted by Gasteiger charge is 2.18. The Morgan fingerprint density at radius 1 is 1.30 bits per heavy atom. The molecule has 110 valence electrons. The maximum Gasteiger partial charge on any atom is 0.238 e. The van der Waals surface area contributed by atoms with Crippen LogP contribution in [0.15, 0.2) is 24.3 Å². The van der Waals surface area contributed by atoms with Crippen LogP contribution in [0, 0.1) is 0 Å². The van der Waals surface area contributed by atoms with Crippen LogP contribution in [0.25, 0.3) is 0 Å². The zero-order valence-corrected chi connectivity index (χ0v) is 12.1. The topological polar surface area (TPSA) is 52.6 Å². The SMILES string of the molecule is CCCc1ccc(NC(=O)CN2CCC(O)CC2)cc1. The number of amides is 1. The number of hydrogen-bond acceptors (Lipinski definition) is 3. The van der Waals surface area contributed by atoms with Gasteiger partial charge in [-0.05, 0) is 37.0 Å². The van der Waals surface area contributed by atoms with E-state index in [2.05, 4.69) is 29.3 Å². The van der Waals surface area contributed by atoms with E-state index in [9.17, 15) is 9.90 Å². The van der Waals surface area contributed by atoms with Gasteiger partial charge in [-0.3, -0.25) is 9.69 Å². The fourth-order valence-corrected chi connectivity index (χ4v) is 2.52. The van der Waals surface area contributed by atoms with Crippen molar-refractivity contribution in [2.75, 3.05) is 25.0 Å². The number of nitrogens with zero attached hydrogens (tertiary/aromatic N) is 1. The molecule has 2 rings (SSSR count). The Balaban J connectivity index is 1.79. The molecular formula is C16H24N2O2. The minimum Gasteiger partial charge on any atom is -0.393 e. The number of benzene rings is 1. The number of aliphatic hydroxyl groups is 1. The second-order valence-electron chi connectivity index (χ2n) is 5.50. The number of rotatable bonds is 5.